The van der Waals surface area contributed by atoms with Crippen LogP contribution in [0.1, 0.15) is 6.42 Å². The van der Waals surface area contributed by atoms with Gasteiger partial charge in [-0.1, -0.05) is 17.7 Å². The quantitative estimate of drug-likeness (QED) is 0.866. The number of anilines is 1. The summed E-state index contributed by atoms with van der Waals surface area (Å²) in [5.41, 5.74) is 0.881. The molecule has 0 radical (unpaired) electrons. The third-order valence-corrected chi connectivity index (χ3v) is 2.77. The number of aliphatic hydroxyl groups is 1. The highest BCUT2D eigenvalue weighted by atomic mass is 35.5. The van der Waals surface area contributed by atoms with Gasteiger partial charge < -0.3 is 5.11 Å². The lowest BCUT2D eigenvalue weighted by atomic mass is 10.3. The number of carbonyl (C=O) groups is 1. The lowest BCUT2D eigenvalue weighted by Crippen LogP contribution is -2.40. The van der Waals surface area contributed by atoms with Crippen molar-refractivity contribution < 1.29 is 9.90 Å². The molecule has 1 heterocycles. The van der Waals surface area contributed by atoms with E-state index in [1.54, 1.807) is 11.1 Å². The van der Waals surface area contributed by atoms with Crippen molar-refractivity contribution in [2.75, 3.05) is 24.7 Å². The Bertz CT molecular complexity index is 397. The monoisotopic (exact) mass is 240 g/mol. The maximum atomic E-state index is 11.6. The number of benzene rings is 1. The molecule has 1 aromatic rings. The molecular formula is C11H13ClN2O2. The van der Waals surface area contributed by atoms with Crippen LogP contribution >= 0.6 is 11.6 Å². The summed E-state index contributed by atoms with van der Waals surface area (Å²) in [6.07, 6.45) is 0.479. The number of hydrogen-bond donors (Lipinski definition) is 1. The minimum atomic E-state index is -0.0389. The Hall–Kier alpha value is -1.26. The van der Waals surface area contributed by atoms with Gasteiger partial charge in [0.2, 0.25) is 5.91 Å². The number of halogens is 1. The van der Waals surface area contributed by atoms with Gasteiger partial charge in [-0.2, -0.15) is 0 Å². The van der Waals surface area contributed by atoms with Crippen LogP contribution in [0, 0.1) is 0 Å². The van der Waals surface area contributed by atoms with Crippen LogP contribution in [0.25, 0.3) is 0 Å². The first kappa shape index (κ1) is 11.2. The zero-order valence-electron chi connectivity index (χ0n) is 8.77. The third-order valence-electron chi connectivity index (χ3n) is 2.53. The summed E-state index contributed by atoms with van der Waals surface area (Å²) in [4.78, 5) is 11.6. The molecule has 0 atom stereocenters. The molecule has 16 heavy (non-hydrogen) atoms. The van der Waals surface area contributed by atoms with Gasteiger partial charge in [-0.25, -0.2) is 0 Å². The van der Waals surface area contributed by atoms with Crippen LogP contribution < -0.4 is 5.01 Å². The molecule has 0 aliphatic carbocycles. The van der Waals surface area contributed by atoms with Gasteiger partial charge in [-0.3, -0.25) is 14.8 Å². The molecule has 5 heteroatoms. The van der Waals surface area contributed by atoms with Crippen LogP contribution in [0.2, 0.25) is 5.02 Å². The zero-order valence-corrected chi connectivity index (χ0v) is 9.52. The predicted octanol–water partition coefficient (Wildman–Crippen LogP) is 1.29. The minimum absolute atomic E-state index is 0.0361. The van der Waals surface area contributed by atoms with Crippen molar-refractivity contribution >= 4 is 23.2 Å². The molecule has 86 valence electrons. The molecule has 0 bridgehead atoms. The fourth-order valence-corrected chi connectivity index (χ4v) is 2.02. The Labute approximate surface area is 99.0 Å². The number of nitrogens with zero attached hydrogens (tertiary/aromatic N) is 2. The minimum Gasteiger partial charge on any atom is -0.394 e. The maximum absolute atomic E-state index is 11.6. The van der Waals surface area contributed by atoms with Gasteiger partial charge in [0.05, 0.1) is 18.8 Å². The summed E-state index contributed by atoms with van der Waals surface area (Å²) in [6, 6.07) is 7.34. The van der Waals surface area contributed by atoms with Crippen molar-refractivity contribution in [3.05, 3.63) is 29.3 Å². The van der Waals surface area contributed by atoms with Crippen LogP contribution in [0.4, 0.5) is 5.69 Å². The largest absolute Gasteiger partial charge is 0.394 e. The molecule has 1 aliphatic rings. The second-order valence-electron chi connectivity index (χ2n) is 3.59. The first-order valence-electron chi connectivity index (χ1n) is 5.16. The molecule has 4 nitrogen and oxygen atoms in total. The van der Waals surface area contributed by atoms with Gasteiger partial charge >= 0.3 is 0 Å². The lowest BCUT2D eigenvalue weighted by molar-refractivity contribution is -0.128. The summed E-state index contributed by atoms with van der Waals surface area (Å²) in [5.74, 6) is 0.0361. The Morgan fingerprint density at radius 3 is 2.94 bits per heavy atom. The van der Waals surface area contributed by atoms with E-state index in [2.05, 4.69) is 0 Å². The van der Waals surface area contributed by atoms with E-state index in [4.69, 9.17) is 16.7 Å². The van der Waals surface area contributed by atoms with E-state index in [-0.39, 0.29) is 12.5 Å². The van der Waals surface area contributed by atoms with Crippen LogP contribution in [0.3, 0.4) is 0 Å². The zero-order chi connectivity index (χ0) is 11.5. The van der Waals surface area contributed by atoms with Crippen molar-refractivity contribution in [2.45, 2.75) is 6.42 Å². The molecule has 0 unspecified atom stereocenters. The molecule has 1 aromatic carbocycles. The highest BCUT2D eigenvalue weighted by Gasteiger charge is 2.28. The number of amides is 1. The van der Waals surface area contributed by atoms with Gasteiger partial charge in [0.1, 0.15) is 0 Å². The van der Waals surface area contributed by atoms with Crippen LogP contribution in [-0.2, 0) is 4.79 Å². The van der Waals surface area contributed by atoms with Crippen molar-refractivity contribution in [2.24, 2.45) is 0 Å². The number of rotatable bonds is 3. The summed E-state index contributed by atoms with van der Waals surface area (Å²) in [7, 11) is 0. The molecule has 0 saturated carbocycles. The predicted molar refractivity (Wildman–Crippen MR) is 62.2 cm³/mol. The van der Waals surface area contributed by atoms with Gasteiger partial charge in [0, 0.05) is 18.0 Å². The molecule has 1 saturated heterocycles. The van der Waals surface area contributed by atoms with E-state index in [9.17, 15) is 4.79 Å². The van der Waals surface area contributed by atoms with E-state index in [0.717, 1.165) is 5.69 Å². The van der Waals surface area contributed by atoms with Crippen molar-refractivity contribution in [3.8, 4) is 0 Å². The molecule has 1 aliphatic heterocycles. The molecule has 1 fully saturated rings. The molecule has 1 amide bonds. The average molecular weight is 241 g/mol. The third kappa shape index (κ3) is 2.13. The second-order valence-corrected chi connectivity index (χ2v) is 4.03. The number of aliphatic hydroxyl groups excluding tert-OH is 1. The molecule has 0 aromatic heterocycles. The fourth-order valence-electron chi connectivity index (χ4n) is 1.83. The highest BCUT2D eigenvalue weighted by molar-refractivity contribution is 6.30. The van der Waals surface area contributed by atoms with E-state index in [1.165, 1.54) is 0 Å². The first-order chi connectivity index (χ1) is 7.72. The SMILES string of the molecule is O=C1CCN(c2cccc(Cl)c2)N1CCO. The Balaban J connectivity index is 2.23. The van der Waals surface area contributed by atoms with Gasteiger partial charge in [-0.05, 0) is 18.2 Å². The standard InChI is InChI=1S/C11H13ClN2O2/c12-9-2-1-3-10(8-9)13-5-4-11(16)14(13)6-7-15/h1-3,8,15H,4-7H2. The fraction of sp³-hybridized carbons (Fsp3) is 0.364. The molecule has 2 rings (SSSR count). The van der Waals surface area contributed by atoms with Crippen molar-refractivity contribution in [1.82, 2.24) is 5.01 Å². The van der Waals surface area contributed by atoms with Crippen LogP contribution in [0.5, 0.6) is 0 Å². The molecule has 1 N–H and O–H groups in total. The van der Waals surface area contributed by atoms with Crippen LogP contribution in [-0.4, -0.2) is 35.7 Å². The first-order valence-corrected chi connectivity index (χ1v) is 5.54. The highest BCUT2D eigenvalue weighted by Crippen LogP contribution is 2.24. The van der Waals surface area contributed by atoms with Gasteiger partial charge in [0.15, 0.2) is 0 Å². The summed E-state index contributed by atoms with van der Waals surface area (Å²) in [6.45, 7) is 0.924. The topological polar surface area (TPSA) is 43.8 Å². The van der Waals surface area contributed by atoms with E-state index >= 15 is 0 Å². The smallest absolute Gasteiger partial charge is 0.243 e. The maximum Gasteiger partial charge on any atom is 0.243 e. The van der Waals surface area contributed by atoms with E-state index < -0.39 is 0 Å². The number of hydrogen-bond acceptors (Lipinski definition) is 3. The van der Waals surface area contributed by atoms with Gasteiger partial charge in [0.25, 0.3) is 0 Å². The van der Waals surface area contributed by atoms with E-state index in [0.29, 0.717) is 24.5 Å². The molecule has 0 spiro atoms. The lowest BCUT2D eigenvalue weighted by Gasteiger charge is -2.29. The average Bonchev–Trinajstić information content (AvgIpc) is 2.61. The Kier molecular flexibility index (Phi) is 3.31. The number of carbonyl (C=O) groups excluding carboxylic acids is 1. The Morgan fingerprint density at radius 1 is 1.44 bits per heavy atom. The summed E-state index contributed by atoms with van der Waals surface area (Å²) >= 11 is 5.90. The van der Waals surface area contributed by atoms with E-state index in [1.807, 2.05) is 23.2 Å². The normalized spacial score (nSPS) is 16.0. The molecular weight excluding hydrogens is 228 g/mol. The van der Waals surface area contributed by atoms with Gasteiger partial charge in [-0.15, -0.1) is 0 Å². The number of hydrazine groups is 1. The van der Waals surface area contributed by atoms with Crippen molar-refractivity contribution in [1.29, 1.82) is 0 Å². The van der Waals surface area contributed by atoms with Crippen LogP contribution in [0.15, 0.2) is 24.3 Å². The summed E-state index contributed by atoms with van der Waals surface area (Å²) in [5, 5.41) is 13.0. The summed E-state index contributed by atoms with van der Waals surface area (Å²) < 4.78 is 0. The van der Waals surface area contributed by atoms with Crippen molar-refractivity contribution in [3.63, 3.8) is 0 Å². The second kappa shape index (κ2) is 4.72. The Morgan fingerprint density at radius 2 is 2.25 bits per heavy atom. The number of β-amino-alcohol motifs (C(OH)–C–C–N with tert-alkyl or cyclic N) is 1.